The Labute approximate surface area is 132 Å². The molecule has 0 aromatic heterocycles. The first-order chi connectivity index (χ1) is 11.2. The number of carbonyl (C=O) groups excluding carboxylic acids is 2. The summed E-state index contributed by atoms with van der Waals surface area (Å²) < 4.78 is 10.5. The average Bonchev–Trinajstić information content (AvgIpc) is 3.04. The zero-order valence-corrected chi connectivity index (χ0v) is 12.2. The number of amides is 2. The van der Waals surface area contributed by atoms with Crippen molar-refractivity contribution < 1.29 is 19.1 Å². The minimum atomic E-state index is -0.338. The van der Waals surface area contributed by atoms with Gasteiger partial charge in [0.05, 0.1) is 17.9 Å². The van der Waals surface area contributed by atoms with E-state index >= 15 is 0 Å². The third kappa shape index (κ3) is 3.24. The molecule has 1 aliphatic heterocycles. The van der Waals surface area contributed by atoms with Gasteiger partial charge in [-0.1, -0.05) is 12.1 Å². The van der Waals surface area contributed by atoms with E-state index in [4.69, 9.17) is 15.2 Å². The van der Waals surface area contributed by atoms with Crippen LogP contribution in [0.4, 0.5) is 11.4 Å². The second-order valence-corrected chi connectivity index (χ2v) is 4.82. The summed E-state index contributed by atoms with van der Waals surface area (Å²) in [6, 6.07) is 11.8. The van der Waals surface area contributed by atoms with Crippen LogP contribution in [0.1, 0.15) is 10.4 Å². The number of ether oxygens (including phenoxy) is 2. The van der Waals surface area contributed by atoms with Gasteiger partial charge in [0.15, 0.2) is 11.5 Å². The molecule has 0 saturated carbocycles. The molecule has 0 atom stereocenters. The summed E-state index contributed by atoms with van der Waals surface area (Å²) in [7, 11) is 0. The Balaban J connectivity index is 1.79. The second-order valence-electron chi connectivity index (χ2n) is 4.82. The van der Waals surface area contributed by atoms with E-state index in [1.807, 2.05) is 0 Å². The maximum atomic E-state index is 12.4. The van der Waals surface area contributed by atoms with Crippen molar-refractivity contribution in [3.05, 3.63) is 48.0 Å². The van der Waals surface area contributed by atoms with Crippen molar-refractivity contribution in [1.82, 2.24) is 0 Å². The molecule has 7 nitrogen and oxygen atoms in total. The first kappa shape index (κ1) is 14.9. The maximum absolute atomic E-state index is 12.4. The number of benzene rings is 2. The number of nitrogens with two attached hydrogens (primary N) is 1. The summed E-state index contributed by atoms with van der Waals surface area (Å²) in [6.07, 6.45) is 0. The predicted octanol–water partition coefficient (Wildman–Crippen LogP) is 1.56. The van der Waals surface area contributed by atoms with Crippen molar-refractivity contribution in [3.8, 4) is 11.5 Å². The van der Waals surface area contributed by atoms with Crippen molar-refractivity contribution in [2.45, 2.75) is 0 Å². The summed E-state index contributed by atoms with van der Waals surface area (Å²) in [5.74, 6) is 0.479. The summed E-state index contributed by atoms with van der Waals surface area (Å²) in [5.41, 5.74) is 6.68. The number of hydrogen-bond acceptors (Lipinski definition) is 5. The molecule has 1 heterocycles. The fourth-order valence-corrected chi connectivity index (χ4v) is 2.13. The lowest BCUT2D eigenvalue weighted by molar-refractivity contribution is -0.114. The molecular formula is C16H15N3O4. The molecule has 1 aliphatic rings. The molecule has 0 aliphatic carbocycles. The van der Waals surface area contributed by atoms with Gasteiger partial charge in [0.25, 0.3) is 5.91 Å². The Morgan fingerprint density at radius 3 is 2.43 bits per heavy atom. The molecule has 7 heteroatoms. The average molecular weight is 313 g/mol. The largest absolute Gasteiger partial charge is 0.454 e. The van der Waals surface area contributed by atoms with Crippen LogP contribution in [0, 0.1) is 0 Å². The van der Waals surface area contributed by atoms with Crippen LogP contribution in [0.15, 0.2) is 42.5 Å². The first-order valence-corrected chi connectivity index (χ1v) is 6.97. The highest BCUT2D eigenvalue weighted by molar-refractivity contribution is 6.07. The Hall–Kier alpha value is -3.06. The number of nitrogens with one attached hydrogen (secondary N) is 2. The number of fused-ring (bicyclic) bond motifs is 1. The first-order valence-electron chi connectivity index (χ1n) is 6.97. The molecule has 23 heavy (non-hydrogen) atoms. The van der Waals surface area contributed by atoms with E-state index < -0.39 is 0 Å². The van der Waals surface area contributed by atoms with E-state index in [0.29, 0.717) is 28.4 Å². The molecule has 0 spiro atoms. The van der Waals surface area contributed by atoms with Gasteiger partial charge in [-0.05, 0) is 30.3 Å². The molecule has 2 aromatic rings. The lowest BCUT2D eigenvalue weighted by atomic mass is 10.1. The Morgan fingerprint density at radius 2 is 1.70 bits per heavy atom. The van der Waals surface area contributed by atoms with E-state index in [2.05, 4.69) is 10.6 Å². The highest BCUT2D eigenvalue weighted by atomic mass is 16.7. The zero-order valence-electron chi connectivity index (χ0n) is 12.2. The van der Waals surface area contributed by atoms with Crippen molar-refractivity contribution in [3.63, 3.8) is 0 Å². The van der Waals surface area contributed by atoms with E-state index in [-0.39, 0.29) is 25.2 Å². The van der Waals surface area contributed by atoms with Crippen LogP contribution in [0.25, 0.3) is 0 Å². The molecule has 0 fully saturated rings. The predicted molar refractivity (Wildman–Crippen MR) is 84.6 cm³/mol. The van der Waals surface area contributed by atoms with Gasteiger partial charge in [0.1, 0.15) is 0 Å². The van der Waals surface area contributed by atoms with Gasteiger partial charge < -0.3 is 25.8 Å². The topological polar surface area (TPSA) is 103 Å². The van der Waals surface area contributed by atoms with Crippen LogP contribution >= 0.6 is 0 Å². The Morgan fingerprint density at radius 1 is 1.00 bits per heavy atom. The summed E-state index contributed by atoms with van der Waals surface area (Å²) in [5, 5.41) is 5.39. The summed E-state index contributed by atoms with van der Waals surface area (Å²) in [4.78, 5) is 23.8. The number of anilines is 2. The molecular weight excluding hydrogens is 298 g/mol. The molecule has 2 amide bonds. The van der Waals surface area contributed by atoms with Crippen LogP contribution < -0.4 is 25.8 Å². The second kappa shape index (κ2) is 6.37. The lowest BCUT2D eigenvalue weighted by Gasteiger charge is -2.12. The molecule has 4 N–H and O–H groups in total. The minimum Gasteiger partial charge on any atom is -0.454 e. The van der Waals surface area contributed by atoms with Crippen molar-refractivity contribution >= 4 is 23.2 Å². The summed E-state index contributed by atoms with van der Waals surface area (Å²) >= 11 is 0. The van der Waals surface area contributed by atoms with Gasteiger partial charge in [-0.25, -0.2) is 0 Å². The van der Waals surface area contributed by atoms with E-state index in [9.17, 15) is 9.59 Å². The van der Waals surface area contributed by atoms with Crippen LogP contribution in [-0.2, 0) is 4.79 Å². The fourth-order valence-electron chi connectivity index (χ4n) is 2.13. The van der Waals surface area contributed by atoms with Gasteiger partial charge in [-0.3, -0.25) is 9.59 Å². The zero-order chi connectivity index (χ0) is 16.2. The Kier molecular flexibility index (Phi) is 4.11. The SMILES string of the molecule is NCC(=O)Nc1ccccc1NC(=O)c1ccc2c(c1)OCO2. The monoisotopic (exact) mass is 313 g/mol. The van der Waals surface area contributed by atoms with Gasteiger partial charge >= 0.3 is 0 Å². The quantitative estimate of drug-likeness (QED) is 0.795. The number of hydrogen-bond donors (Lipinski definition) is 3. The van der Waals surface area contributed by atoms with Gasteiger partial charge in [-0.2, -0.15) is 0 Å². The number of carbonyl (C=O) groups is 2. The van der Waals surface area contributed by atoms with Gasteiger partial charge in [-0.15, -0.1) is 0 Å². The molecule has 2 aromatic carbocycles. The van der Waals surface area contributed by atoms with Gasteiger partial charge in [0.2, 0.25) is 12.7 Å². The molecule has 118 valence electrons. The van der Waals surface area contributed by atoms with Crippen LogP contribution in [0.3, 0.4) is 0 Å². The Bertz CT molecular complexity index is 761. The number of rotatable bonds is 4. The van der Waals surface area contributed by atoms with Crippen LogP contribution in [-0.4, -0.2) is 25.2 Å². The maximum Gasteiger partial charge on any atom is 0.255 e. The summed E-state index contributed by atoms with van der Waals surface area (Å²) in [6.45, 7) is 0.0127. The third-order valence-corrected chi connectivity index (χ3v) is 3.27. The molecule has 0 saturated heterocycles. The third-order valence-electron chi connectivity index (χ3n) is 3.27. The highest BCUT2D eigenvalue weighted by Gasteiger charge is 2.17. The van der Waals surface area contributed by atoms with E-state index in [0.717, 1.165) is 0 Å². The fraction of sp³-hybridized carbons (Fsp3) is 0.125. The van der Waals surface area contributed by atoms with E-state index in [1.165, 1.54) is 0 Å². The highest BCUT2D eigenvalue weighted by Crippen LogP contribution is 2.33. The van der Waals surface area contributed by atoms with E-state index in [1.54, 1.807) is 42.5 Å². The normalized spacial score (nSPS) is 11.9. The van der Waals surface area contributed by atoms with Crippen molar-refractivity contribution in [2.75, 3.05) is 24.0 Å². The van der Waals surface area contributed by atoms with Crippen molar-refractivity contribution in [2.24, 2.45) is 5.73 Å². The molecule has 0 bridgehead atoms. The standard InChI is InChI=1S/C16H15N3O4/c17-8-15(20)18-11-3-1-2-4-12(11)19-16(21)10-5-6-13-14(7-10)23-9-22-13/h1-7H,8-9,17H2,(H,18,20)(H,19,21). The van der Waals surface area contributed by atoms with Crippen LogP contribution in [0.2, 0.25) is 0 Å². The van der Waals surface area contributed by atoms with Crippen molar-refractivity contribution in [1.29, 1.82) is 0 Å². The van der Waals surface area contributed by atoms with Crippen LogP contribution in [0.5, 0.6) is 11.5 Å². The molecule has 0 unspecified atom stereocenters. The molecule has 3 rings (SSSR count). The molecule has 0 radical (unpaired) electrons. The number of para-hydroxylation sites is 2. The minimum absolute atomic E-state index is 0.134. The lowest BCUT2D eigenvalue weighted by Crippen LogP contribution is -2.23. The smallest absolute Gasteiger partial charge is 0.255 e. The van der Waals surface area contributed by atoms with Gasteiger partial charge in [0, 0.05) is 5.56 Å².